The van der Waals surface area contributed by atoms with Crippen LogP contribution >= 0.6 is 22.6 Å². The number of carbonyl (C=O) groups excluding carboxylic acids is 2. The van der Waals surface area contributed by atoms with Crippen LogP contribution in [0.5, 0.6) is 0 Å². The average Bonchev–Trinajstić information content (AvgIpc) is 1.85. The van der Waals surface area contributed by atoms with Gasteiger partial charge < -0.3 is 5.32 Å². The van der Waals surface area contributed by atoms with Crippen LogP contribution in [0.15, 0.2) is 0 Å². The van der Waals surface area contributed by atoms with Gasteiger partial charge in [-0.1, -0.05) is 0 Å². The van der Waals surface area contributed by atoms with Crippen molar-refractivity contribution >= 4 is 32.3 Å². The monoisotopic (exact) mass is 295 g/mol. The molecule has 1 atom stereocenters. The Hall–Kier alpha value is -0.340. The summed E-state index contributed by atoms with van der Waals surface area (Å²) >= 11 is 1.31. The van der Waals surface area contributed by atoms with Gasteiger partial charge in [0.05, 0.1) is 6.04 Å². The van der Waals surface area contributed by atoms with E-state index in [-0.39, 0.29) is 0 Å². The number of alkyl halides is 3. The van der Waals surface area contributed by atoms with Gasteiger partial charge in [-0.3, -0.25) is 9.59 Å². The molecule has 70 valence electrons. The molecule has 0 saturated heterocycles. The van der Waals surface area contributed by atoms with Crippen molar-refractivity contribution in [1.82, 2.24) is 5.32 Å². The lowest BCUT2D eigenvalue weighted by Crippen LogP contribution is -2.44. The molecule has 7 heteroatoms. The summed E-state index contributed by atoms with van der Waals surface area (Å²) in [7, 11) is 0. The van der Waals surface area contributed by atoms with Crippen LogP contribution in [0.2, 0.25) is 0 Å². The Kier molecular flexibility index (Phi) is 3.94. The van der Waals surface area contributed by atoms with Gasteiger partial charge in [-0.25, -0.2) is 0 Å². The first-order valence-corrected chi connectivity index (χ1v) is 3.90. The summed E-state index contributed by atoms with van der Waals surface area (Å²) in [5.74, 6) is -2.10. The summed E-state index contributed by atoms with van der Waals surface area (Å²) in [5, 5.41) is 1.50. The number of hydrogen-bond acceptors (Lipinski definition) is 2. The number of hydrogen-bond donors (Lipinski definition) is 1. The molecular weight excluding hydrogens is 290 g/mol. The van der Waals surface area contributed by atoms with Crippen molar-refractivity contribution in [3.63, 3.8) is 0 Å². The fourth-order valence-electron chi connectivity index (χ4n) is 0.335. The summed E-state index contributed by atoms with van der Waals surface area (Å²) in [6.07, 6.45) is -4.93. The summed E-state index contributed by atoms with van der Waals surface area (Å²) in [5.41, 5.74) is 0. The lowest BCUT2D eigenvalue weighted by atomic mass is 10.4. The SMILES string of the molecule is C[C@H](NC(=O)C(F)(F)F)C(=O)I. The van der Waals surface area contributed by atoms with E-state index in [0.717, 1.165) is 0 Å². The van der Waals surface area contributed by atoms with Crippen molar-refractivity contribution in [3.05, 3.63) is 0 Å². The molecule has 0 aliphatic heterocycles. The third-order valence-corrected chi connectivity index (χ3v) is 1.88. The Morgan fingerprint density at radius 1 is 1.42 bits per heavy atom. The van der Waals surface area contributed by atoms with Gasteiger partial charge in [0.2, 0.25) is 3.79 Å². The van der Waals surface area contributed by atoms with Crippen LogP contribution < -0.4 is 5.32 Å². The zero-order chi connectivity index (χ0) is 9.94. The van der Waals surface area contributed by atoms with Crippen LogP contribution in [-0.4, -0.2) is 21.9 Å². The number of rotatable bonds is 2. The van der Waals surface area contributed by atoms with Gasteiger partial charge in [-0.05, 0) is 6.92 Å². The van der Waals surface area contributed by atoms with E-state index < -0.39 is 21.9 Å². The molecule has 12 heavy (non-hydrogen) atoms. The standard InChI is InChI=1S/C5H5F3INO2/c1-2(3(9)11)10-4(12)5(6,7)8/h2H,1H3,(H,10,12)/t2-/m0/s1. The quantitative estimate of drug-likeness (QED) is 0.610. The van der Waals surface area contributed by atoms with Gasteiger partial charge in [0, 0.05) is 22.6 Å². The molecule has 0 spiro atoms. The Morgan fingerprint density at radius 2 is 1.83 bits per heavy atom. The minimum absolute atomic E-state index is 0.551. The normalized spacial score (nSPS) is 13.8. The zero-order valence-electron chi connectivity index (χ0n) is 5.91. The van der Waals surface area contributed by atoms with Crippen LogP contribution in [0.4, 0.5) is 13.2 Å². The maximum Gasteiger partial charge on any atom is 0.471 e. The molecule has 0 aromatic rings. The number of nitrogens with one attached hydrogen (secondary N) is 1. The van der Waals surface area contributed by atoms with Crippen molar-refractivity contribution in [1.29, 1.82) is 0 Å². The smallest absolute Gasteiger partial charge is 0.338 e. The molecule has 0 fully saturated rings. The van der Waals surface area contributed by atoms with E-state index in [0.29, 0.717) is 0 Å². The molecule has 1 N–H and O–H groups in total. The fraction of sp³-hybridized carbons (Fsp3) is 0.600. The van der Waals surface area contributed by atoms with E-state index in [1.165, 1.54) is 34.8 Å². The van der Waals surface area contributed by atoms with Crippen molar-refractivity contribution in [2.45, 2.75) is 19.1 Å². The van der Waals surface area contributed by atoms with Crippen LogP contribution in [0, 0.1) is 0 Å². The number of carbonyl (C=O) groups is 2. The third-order valence-electron chi connectivity index (χ3n) is 0.946. The van der Waals surface area contributed by atoms with Crippen LogP contribution in [0.3, 0.4) is 0 Å². The minimum Gasteiger partial charge on any atom is -0.338 e. The topological polar surface area (TPSA) is 46.2 Å². The molecule has 0 heterocycles. The molecule has 0 aromatic heterocycles. The molecule has 3 nitrogen and oxygen atoms in total. The molecule has 0 radical (unpaired) electrons. The Bertz CT molecular complexity index is 203. The molecule has 1 amide bonds. The third kappa shape index (κ3) is 3.88. The van der Waals surface area contributed by atoms with Gasteiger partial charge >= 0.3 is 12.1 Å². The summed E-state index contributed by atoms with van der Waals surface area (Å²) < 4.78 is 34.1. The minimum atomic E-state index is -4.93. The zero-order valence-corrected chi connectivity index (χ0v) is 8.06. The maximum absolute atomic E-state index is 11.5. The molecule has 0 saturated carbocycles. The molecule has 0 bridgehead atoms. The van der Waals surface area contributed by atoms with Gasteiger partial charge in [0.15, 0.2) is 0 Å². The Labute approximate surface area is 79.8 Å². The largest absolute Gasteiger partial charge is 0.471 e. The van der Waals surface area contributed by atoms with Crippen LogP contribution in [0.25, 0.3) is 0 Å². The van der Waals surface area contributed by atoms with E-state index in [1.54, 1.807) is 0 Å². The lowest BCUT2D eigenvalue weighted by molar-refractivity contribution is -0.174. The van der Waals surface area contributed by atoms with Crippen LogP contribution in [0.1, 0.15) is 6.92 Å². The molecule has 0 aliphatic carbocycles. The molecule has 0 aliphatic rings. The first-order chi connectivity index (χ1) is 5.25. The molecule has 0 aromatic carbocycles. The highest BCUT2D eigenvalue weighted by atomic mass is 127. The van der Waals surface area contributed by atoms with E-state index in [9.17, 15) is 22.8 Å². The van der Waals surface area contributed by atoms with Gasteiger partial charge in [0.25, 0.3) is 0 Å². The molecule has 0 rings (SSSR count). The van der Waals surface area contributed by atoms with Crippen molar-refractivity contribution in [2.24, 2.45) is 0 Å². The fourth-order valence-corrected chi connectivity index (χ4v) is 0.491. The first kappa shape index (κ1) is 11.7. The average molecular weight is 295 g/mol. The lowest BCUT2D eigenvalue weighted by Gasteiger charge is -2.10. The van der Waals surface area contributed by atoms with Crippen molar-refractivity contribution in [3.8, 4) is 0 Å². The van der Waals surface area contributed by atoms with E-state index in [1.807, 2.05) is 0 Å². The predicted molar refractivity (Wildman–Crippen MR) is 42.7 cm³/mol. The summed E-state index contributed by atoms with van der Waals surface area (Å²) in [4.78, 5) is 20.6. The summed E-state index contributed by atoms with van der Waals surface area (Å²) in [6.45, 7) is 1.18. The second kappa shape index (κ2) is 4.06. The molecular formula is C5H5F3INO2. The van der Waals surface area contributed by atoms with Gasteiger partial charge in [-0.15, -0.1) is 0 Å². The maximum atomic E-state index is 11.5. The second-order valence-electron chi connectivity index (χ2n) is 2.00. The highest BCUT2D eigenvalue weighted by molar-refractivity contribution is 14.1. The highest BCUT2D eigenvalue weighted by Crippen LogP contribution is 2.14. The number of amides is 1. The van der Waals surface area contributed by atoms with E-state index in [4.69, 9.17) is 0 Å². The Balaban J connectivity index is 4.11. The molecule has 0 unspecified atom stereocenters. The van der Waals surface area contributed by atoms with Crippen LogP contribution in [-0.2, 0) is 9.59 Å². The van der Waals surface area contributed by atoms with E-state index >= 15 is 0 Å². The van der Waals surface area contributed by atoms with Gasteiger partial charge in [-0.2, -0.15) is 13.2 Å². The van der Waals surface area contributed by atoms with E-state index in [2.05, 4.69) is 0 Å². The summed E-state index contributed by atoms with van der Waals surface area (Å²) in [6, 6.07) is -1.11. The van der Waals surface area contributed by atoms with Gasteiger partial charge in [0.1, 0.15) is 0 Å². The second-order valence-corrected chi connectivity index (χ2v) is 3.06. The number of halogens is 4. The van der Waals surface area contributed by atoms with Crippen molar-refractivity contribution < 1.29 is 22.8 Å². The first-order valence-electron chi connectivity index (χ1n) is 2.82. The Morgan fingerprint density at radius 3 is 2.08 bits per heavy atom. The predicted octanol–water partition coefficient (Wildman–Crippen LogP) is 1.02. The van der Waals surface area contributed by atoms with Crippen molar-refractivity contribution in [2.75, 3.05) is 0 Å². The highest BCUT2D eigenvalue weighted by Gasteiger charge is 2.39.